The molecule has 0 spiro atoms. The molecule has 1 aromatic heterocycles. The molecule has 1 fully saturated rings. The lowest BCUT2D eigenvalue weighted by Crippen LogP contribution is -2.34. The number of nitrogens with zero attached hydrogens (tertiary/aromatic N) is 1. The van der Waals surface area contributed by atoms with E-state index < -0.39 is 0 Å². The van der Waals surface area contributed by atoms with Crippen LogP contribution in [0.5, 0.6) is 0 Å². The molecule has 2 heterocycles. The number of benzene rings is 1. The highest BCUT2D eigenvalue weighted by Crippen LogP contribution is 2.21. The zero-order valence-electron chi connectivity index (χ0n) is 13.9. The van der Waals surface area contributed by atoms with Crippen molar-refractivity contribution in [2.75, 3.05) is 19.6 Å². The second kappa shape index (κ2) is 10.1. The Morgan fingerprint density at radius 1 is 1.32 bits per heavy atom. The molecule has 1 aliphatic heterocycles. The number of carbonyl (C=O) groups is 1. The van der Waals surface area contributed by atoms with Crippen molar-refractivity contribution < 1.29 is 9.90 Å². The van der Waals surface area contributed by atoms with Crippen molar-refractivity contribution in [3.05, 3.63) is 51.5 Å². The van der Waals surface area contributed by atoms with Crippen LogP contribution < -0.4 is 10.6 Å². The molecule has 5 nitrogen and oxygen atoms in total. The van der Waals surface area contributed by atoms with E-state index in [9.17, 15) is 9.90 Å². The smallest absolute Gasteiger partial charge is 0.263 e. The first-order valence-electron chi connectivity index (χ1n) is 7.80. The number of halogens is 2. The van der Waals surface area contributed by atoms with Gasteiger partial charge in [-0.25, -0.2) is 4.98 Å². The van der Waals surface area contributed by atoms with E-state index in [0.717, 1.165) is 23.7 Å². The van der Waals surface area contributed by atoms with E-state index in [0.29, 0.717) is 18.0 Å². The molecule has 8 heteroatoms. The monoisotopic (exact) mass is 403 g/mol. The Bertz CT molecular complexity index is 682. The molecule has 2 aromatic rings. The molecule has 0 aliphatic carbocycles. The third-order valence-electron chi connectivity index (χ3n) is 4.07. The number of hydrogen-bond acceptors (Lipinski definition) is 5. The Morgan fingerprint density at radius 3 is 2.68 bits per heavy atom. The number of β-amino-alcohol motifs (C(OH)–C–C–N with tert-alkyl or cyclic N) is 1. The first-order chi connectivity index (χ1) is 11.1. The molecule has 3 N–H and O–H groups in total. The van der Waals surface area contributed by atoms with Gasteiger partial charge in [-0.3, -0.25) is 4.79 Å². The van der Waals surface area contributed by atoms with E-state index in [2.05, 4.69) is 27.8 Å². The number of nitrogens with one attached hydrogen (secondary N) is 2. The summed E-state index contributed by atoms with van der Waals surface area (Å²) in [5, 5.41) is 16.8. The summed E-state index contributed by atoms with van der Waals surface area (Å²) in [5.41, 5.74) is 1.96. The van der Waals surface area contributed by atoms with Crippen molar-refractivity contribution in [1.29, 1.82) is 0 Å². The van der Waals surface area contributed by atoms with Gasteiger partial charge in [-0.05, 0) is 12.5 Å². The predicted molar refractivity (Wildman–Crippen MR) is 105 cm³/mol. The topological polar surface area (TPSA) is 74.2 Å². The fourth-order valence-corrected chi connectivity index (χ4v) is 3.76. The van der Waals surface area contributed by atoms with Crippen molar-refractivity contribution in [2.24, 2.45) is 5.92 Å². The highest BCUT2D eigenvalue weighted by atomic mass is 35.5. The minimum Gasteiger partial charge on any atom is -0.391 e. The number of rotatable bonds is 5. The number of aryl methyl sites for hydroxylation is 1. The highest BCUT2D eigenvalue weighted by molar-refractivity contribution is 7.13. The molecule has 1 aromatic carbocycles. The average molecular weight is 404 g/mol. The Hall–Kier alpha value is -1.18. The summed E-state index contributed by atoms with van der Waals surface area (Å²) in [4.78, 5) is 17.5. The maximum Gasteiger partial charge on any atom is 0.263 e. The average Bonchev–Trinajstić information content (AvgIpc) is 3.12. The Kier molecular flexibility index (Phi) is 8.82. The number of hydrogen-bond donors (Lipinski definition) is 3. The lowest BCUT2D eigenvalue weighted by Gasteiger charge is -2.13. The fraction of sp³-hybridized carbons (Fsp3) is 0.412. The zero-order valence-corrected chi connectivity index (χ0v) is 16.3. The van der Waals surface area contributed by atoms with E-state index in [1.165, 1.54) is 16.9 Å². The van der Waals surface area contributed by atoms with E-state index in [1.807, 2.05) is 25.1 Å². The van der Waals surface area contributed by atoms with Gasteiger partial charge in [-0.1, -0.05) is 30.3 Å². The Labute approximate surface area is 164 Å². The van der Waals surface area contributed by atoms with Gasteiger partial charge in [0.2, 0.25) is 0 Å². The third kappa shape index (κ3) is 5.66. The SMILES string of the molecule is Cc1nc(Cc2ccccc2)sc1C(=O)NCC1CNCC1O.Cl.Cl. The van der Waals surface area contributed by atoms with Gasteiger partial charge in [-0.15, -0.1) is 36.2 Å². The largest absolute Gasteiger partial charge is 0.391 e. The summed E-state index contributed by atoms with van der Waals surface area (Å²) in [6, 6.07) is 10.1. The van der Waals surface area contributed by atoms with Crippen LogP contribution in [-0.2, 0) is 6.42 Å². The van der Waals surface area contributed by atoms with Crippen molar-refractivity contribution in [3.8, 4) is 0 Å². The van der Waals surface area contributed by atoms with Crippen LogP contribution in [0.15, 0.2) is 30.3 Å². The van der Waals surface area contributed by atoms with Gasteiger partial charge in [0.1, 0.15) is 4.88 Å². The van der Waals surface area contributed by atoms with E-state index in [1.54, 1.807) is 0 Å². The molecular weight excluding hydrogens is 381 g/mol. The number of carbonyl (C=O) groups excluding carboxylic acids is 1. The van der Waals surface area contributed by atoms with Gasteiger partial charge in [-0.2, -0.15) is 0 Å². The molecule has 1 saturated heterocycles. The Morgan fingerprint density at radius 2 is 2.04 bits per heavy atom. The van der Waals surface area contributed by atoms with Crippen LogP contribution in [0.3, 0.4) is 0 Å². The summed E-state index contributed by atoms with van der Waals surface area (Å²) < 4.78 is 0. The van der Waals surface area contributed by atoms with Crippen molar-refractivity contribution in [3.63, 3.8) is 0 Å². The van der Waals surface area contributed by atoms with Gasteiger partial charge >= 0.3 is 0 Å². The van der Waals surface area contributed by atoms with E-state index in [-0.39, 0.29) is 42.7 Å². The number of thiazole rings is 1. The summed E-state index contributed by atoms with van der Waals surface area (Å²) in [5.74, 6) is -0.0191. The molecule has 3 rings (SSSR count). The summed E-state index contributed by atoms with van der Waals surface area (Å²) in [6.07, 6.45) is 0.358. The minimum absolute atomic E-state index is 0. The van der Waals surface area contributed by atoms with Gasteiger partial charge in [0.05, 0.1) is 16.8 Å². The van der Waals surface area contributed by atoms with Crippen LogP contribution in [-0.4, -0.2) is 41.7 Å². The number of aliphatic hydroxyl groups excluding tert-OH is 1. The van der Waals surface area contributed by atoms with Crippen LogP contribution in [0.25, 0.3) is 0 Å². The standard InChI is InChI=1S/C17H21N3O2S.2ClH/c1-11-16(17(22)19-9-13-8-18-10-14(13)21)23-15(20-11)7-12-5-3-2-4-6-12;;/h2-6,13-14,18,21H,7-10H2,1H3,(H,19,22);2*1H. The normalized spacial score (nSPS) is 19.0. The summed E-state index contributed by atoms with van der Waals surface area (Å²) in [6.45, 7) is 3.69. The highest BCUT2D eigenvalue weighted by Gasteiger charge is 2.25. The number of aromatic nitrogens is 1. The second-order valence-electron chi connectivity index (χ2n) is 5.88. The minimum atomic E-state index is -0.383. The molecule has 2 unspecified atom stereocenters. The molecule has 1 amide bonds. The molecule has 0 saturated carbocycles. The van der Waals surface area contributed by atoms with E-state index in [4.69, 9.17) is 0 Å². The maximum absolute atomic E-state index is 12.4. The van der Waals surface area contributed by atoms with Crippen molar-refractivity contribution in [2.45, 2.75) is 19.4 Å². The maximum atomic E-state index is 12.4. The molecular formula is C17H23Cl2N3O2S. The van der Waals surface area contributed by atoms with Gasteiger partial charge in [0, 0.05) is 32.0 Å². The number of aliphatic hydroxyl groups is 1. The predicted octanol–water partition coefficient (Wildman–Crippen LogP) is 2.20. The Balaban J connectivity index is 0.00000156. The van der Waals surface area contributed by atoms with E-state index >= 15 is 0 Å². The lowest BCUT2D eigenvalue weighted by molar-refractivity contribution is 0.0930. The lowest BCUT2D eigenvalue weighted by atomic mass is 10.1. The van der Waals surface area contributed by atoms with Crippen LogP contribution in [0, 0.1) is 12.8 Å². The molecule has 0 radical (unpaired) electrons. The van der Waals surface area contributed by atoms with Crippen LogP contribution in [0.1, 0.15) is 25.9 Å². The van der Waals surface area contributed by atoms with Crippen molar-refractivity contribution in [1.82, 2.24) is 15.6 Å². The van der Waals surface area contributed by atoms with Crippen LogP contribution in [0.2, 0.25) is 0 Å². The third-order valence-corrected chi connectivity index (χ3v) is 5.23. The number of amides is 1. The molecule has 25 heavy (non-hydrogen) atoms. The molecule has 1 aliphatic rings. The molecule has 2 atom stereocenters. The van der Waals surface area contributed by atoms with Crippen molar-refractivity contribution >= 4 is 42.1 Å². The summed E-state index contributed by atoms with van der Waals surface area (Å²) >= 11 is 1.44. The summed E-state index contributed by atoms with van der Waals surface area (Å²) in [7, 11) is 0. The van der Waals surface area contributed by atoms with Crippen LogP contribution in [0.4, 0.5) is 0 Å². The first-order valence-corrected chi connectivity index (χ1v) is 8.62. The van der Waals surface area contributed by atoms with Gasteiger partial charge < -0.3 is 15.7 Å². The van der Waals surface area contributed by atoms with Gasteiger partial charge in [0.15, 0.2) is 0 Å². The molecule has 0 bridgehead atoms. The fourth-order valence-electron chi connectivity index (χ4n) is 2.74. The molecule has 138 valence electrons. The van der Waals surface area contributed by atoms with Crippen LogP contribution >= 0.6 is 36.2 Å². The second-order valence-corrected chi connectivity index (χ2v) is 6.96. The van der Waals surface area contributed by atoms with Gasteiger partial charge in [0.25, 0.3) is 5.91 Å². The zero-order chi connectivity index (χ0) is 16.2. The first kappa shape index (κ1) is 21.9. The quantitative estimate of drug-likeness (QED) is 0.715.